The highest BCUT2D eigenvalue weighted by Gasteiger charge is 2.15. The van der Waals surface area contributed by atoms with E-state index in [9.17, 15) is 0 Å². The summed E-state index contributed by atoms with van der Waals surface area (Å²) in [5.41, 5.74) is 1.56. The quantitative estimate of drug-likeness (QED) is 0.715. The molecule has 0 bridgehead atoms. The van der Waals surface area contributed by atoms with Gasteiger partial charge in [0.2, 0.25) is 0 Å². The highest BCUT2D eigenvalue weighted by Crippen LogP contribution is 2.23. The Morgan fingerprint density at radius 1 is 1.21 bits per heavy atom. The topological polar surface area (TPSA) is 12.0 Å². The van der Waals surface area contributed by atoms with Crippen molar-refractivity contribution in [1.82, 2.24) is 5.32 Å². The van der Waals surface area contributed by atoms with E-state index < -0.39 is 0 Å². The maximum Gasteiger partial charge on any atom is 0.0406 e. The van der Waals surface area contributed by atoms with Gasteiger partial charge in [-0.05, 0) is 62.3 Å². The minimum atomic E-state index is 0.169. The zero-order valence-corrected chi connectivity index (χ0v) is 14.1. The van der Waals surface area contributed by atoms with E-state index in [-0.39, 0.29) is 5.54 Å². The minimum absolute atomic E-state index is 0.169. The molecule has 0 amide bonds. The van der Waals surface area contributed by atoms with Crippen molar-refractivity contribution in [2.24, 2.45) is 0 Å². The Kier molecular flexibility index (Phi) is 7.27. The molecule has 1 atom stereocenters. The smallest absolute Gasteiger partial charge is 0.0406 e. The summed E-state index contributed by atoms with van der Waals surface area (Å²) < 4.78 is 0. The van der Waals surface area contributed by atoms with Gasteiger partial charge in [-0.2, -0.15) is 11.8 Å². The standard InChI is InChI=1S/C16H26ClNS/c1-5-19-11-10-14(12-18-16(2,3)4)13-6-8-15(17)9-7-13/h6-9,14,18H,5,10-12H2,1-4H3. The molecule has 1 unspecified atom stereocenters. The van der Waals surface area contributed by atoms with Gasteiger partial charge in [0.1, 0.15) is 0 Å². The Balaban J connectivity index is 2.65. The van der Waals surface area contributed by atoms with Crippen molar-refractivity contribution in [1.29, 1.82) is 0 Å². The SMILES string of the molecule is CCSCCC(CNC(C)(C)C)c1ccc(Cl)cc1. The number of hydrogen-bond donors (Lipinski definition) is 1. The molecule has 0 saturated carbocycles. The largest absolute Gasteiger partial charge is 0.311 e. The van der Waals surface area contributed by atoms with E-state index in [1.165, 1.54) is 23.5 Å². The second-order valence-electron chi connectivity index (χ2n) is 5.86. The van der Waals surface area contributed by atoms with Gasteiger partial charge in [0, 0.05) is 17.1 Å². The third kappa shape index (κ3) is 7.24. The Bertz CT molecular complexity index is 356. The highest BCUT2D eigenvalue weighted by molar-refractivity contribution is 7.99. The molecular formula is C16H26ClNS. The van der Waals surface area contributed by atoms with Gasteiger partial charge in [0.15, 0.2) is 0 Å². The van der Waals surface area contributed by atoms with Crippen LogP contribution < -0.4 is 5.32 Å². The summed E-state index contributed by atoms with van der Waals surface area (Å²) in [6, 6.07) is 8.31. The van der Waals surface area contributed by atoms with Crippen LogP contribution in [0.3, 0.4) is 0 Å². The highest BCUT2D eigenvalue weighted by atomic mass is 35.5. The van der Waals surface area contributed by atoms with Gasteiger partial charge in [-0.3, -0.25) is 0 Å². The van der Waals surface area contributed by atoms with Crippen molar-refractivity contribution in [2.75, 3.05) is 18.1 Å². The van der Waals surface area contributed by atoms with E-state index in [0.29, 0.717) is 5.92 Å². The monoisotopic (exact) mass is 299 g/mol. The predicted molar refractivity (Wildman–Crippen MR) is 89.6 cm³/mol. The van der Waals surface area contributed by atoms with Crippen LogP contribution in [-0.4, -0.2) is 23.6 Å². The summed E-state index contributed by atoms with van der Waals surface area (Å²) in [7, 11) is 0. The maximum atomic E-state index is 5.97. The van der Waals surface area contributed by atoms with Crippen LogP contribution in [0.1, 0.15) is 45.6 Å². The van der Waals surface area contributed by atoms with Gasteiger partial charge in [-0.15, -0.1) is 0 Å². The number of hydrogen-bond acceptors (Lipinski definition) is 2. The van der Waals surface area contributed by atoms with Crippen LogP contribution in [0, 0.1) is 0 Å². The molecule has 1 aromatic rings. The third-order valence-electron chi connectivity index (χ3n) is 3.03. The van der Waals surface area contributed by atoms with Crippen LogP contribution in [0.15, 0.2) is 24.3 Å². The number of nitrogens with one attached hydrogen (secondary N) is 1. The molecule has 0 heterocycles. The van der Waals surface area contributed by atoms with E-state index in [4.69, 9.17) is 11.6 Å². The van der Waals surface area contributed by atoms with Gasteiger partial charge in [-0.25, -0.2) is 0 Å². The average molecular weight is 300 g/mol. The van der Waals surface area contributed by atoms with Crippen molar-refractivity contribution >= 4 is 23.4 Å². The molecule has 108 valence electrons. The lowest BCUT2D eigenvalue weighted by Crippen LogP contribution is -2.38. The average Bonchev–Trinajstić information content (AvgIpc) is 2.34. The number of halogens is 1. The van der Waals surface area contributed by atoms with Crippen molar-refractivity contribution in [2.45, 2.75) is 45.6 Å². The Morgan fingerprint density at radius 3 is 2.37 bits per heavy atom. The summed E-state index contributed by atoms with van der Waals surface area (Å²) >= 11 is 7.99. The second kappa shape index (κ2) is 8.18. The molecule has 1 nitrogen and oxygen atoms in total. The summed E-state index contributed by atoms with van der Waals surface area (Å²) in [5.74, 6) is 2.98. The molecule has 1 N–H and O–H groups in total. The molecule has 0 radical (unpaired) electrons. The normalized spacial score (nSPS) is 13.5. The van der Waals surface area contributed by atoms with Crippen molar-refractivity contribution in [3.63, 3.8) is 0 Å². The fourth-order valence-corrected chi connectivity index (χ4v) is 2.79. The van der Waals surface area contributed by atoms with Gasteiger partial charge < -0.3 is 5.32 Å². The van der Waals surface area contributed by atoms with E-state index in [0.717, 1.165) is 11.6 Å². The molecule has 0 saturated heterocycles. The van der Waals surface area contributed by atoms with Crippen molar-refractivity contribution in [3.8, 4) is 0 Å². The van der Waals surface area contributed by atoms with Crippen LogP contribution in [0.4, 0.5) is 0 Å². The molecule has 0 aliphatic heterocycles. The lowest BCUT2D eigenvalue weighted by atomic mass is 9.95. The van der Waals surface area contributed by atoms with E-state index in [1.807, 2.05) is 23.9 Å². The lowest BCUT2D eigenvalue weighted by Gasteiger charge is -2.25. The number of thioether (sulfide) groups is 1. The van der Waals surface area contributed by atoms with E-state index in [2.05, 4.69) is 45.1 Å². The molecule has 3 heteroatoms. The van der Waals surface area contributed by atoms with Gasteiger partial charge in [-0.1, -0.05) is 30.7 Å². The van der Waals surface area contributed by atoms with Crippen LogP contribution >= 0.6 is 23.4 Å². The number of rotatable bonds is 7. The molecular weight excluding hydrogens is 274 g/mol. The predicted octanol–water partition coefficient (Wildman–Crippen LogP) is 4.95. The fraction of sp³-hybridized carbons (Fsp3) is 0.625. The Morgan fingerprint density at radius 2 is 1.84 bits per heavy atom. The number of benzene rings is 1. The first kappa shape index (κ1) is 16.9. The lowest BCUT2D eigenvalue weighted by molar-refractivity contribution is 0.403. The molecule has 0 aromatic heterocycles. The van der Waals surface area contributed by atoms with Crippen molar-refractivity contribution in [3.05, 3.63) is 34.9 Å². The zero-order valence-electron chi connectivity index (χ0n) is 12.5. The fourth-order valence-electron chi connectivity index (χ4n) is 1.92. The summed E-state index contributed by atoms with van der Waals surface area (Å²) in [6.45, 7) is 9.89. The minimum Gasteiger partial charge on any atom is -0.311 e. The Labute approximate surface area is 127 Å². The van der Waals surface area contributed by atoms with Gasteiger partial charge in [0.05, 0.1) is 0 Å². The summed E-state index contributed by atoms with van der Waals surface area (Å²) in [5, 5.41) is 4.43. The van der Waals surface area contributed by atoms with E-state index >= 15 is 0 Å². The van der Waals surface area contributed by atoms with Crippen LogP contribution in [0.2, 0.25) is 5.02 Å². The van der Waals surface area contributed by atoms with Crippen LogP contribution in [0.25, 0.3) is 0 Å². The first-order chi connectivity index (χ1) is 8.92. The molecule has 1 aromatic carbocycles. The van der Waals surface area contributed by atoms with Crippen molar-refractivity contribution < 1.29 is 0 Å². The molecule has 0 aliphatic rings. The van der Waals surface area contributed by atoms with Crippen LogP contribution in [0.5, 0.6) is 0 Å². The van der Waals surface area contributed by atoms with Crippen LogP contribution in [-0.2, 0) is 0 Å². The van der Waals surface area contributed by atoms with Gasteiger partial charge in [0.25, 0.3) is 0 Å². The molecule has 0 fully saturated rings. The van der Waals surface area contributed by atoms with Gasteiger partial charge >= 0.3 is 0 Å². The first-order valence-electron chi connectivity index (χ1n) is 7.00. The maximum absolute atomic E-state index is 5.97. The zero-order chi connectivity index (χ0) is 14.3. The third-order valence-corrected chi connectivity index (χ3v) is 4.22. The molecule has 19 heavy (non-hydrogen) atoms. The molecule has 1 rings (SSSR count). The molecule has 0 aliphatic carbocycles. The van der Waals surface area contributed by atoms with E-state index in [1.54, 1.807) is 0 Å². The molecule has 0 spiro atoms. The summed E-state index contributed by atoms with van der Waals surface area (Å²) in [4.78, 5) is 0. The Hall–Kier alpha value is -0.180. The summed E-state index contributed by atoms with van der Waals surface area (Å²) in [6.07, 6.45) is 1.21. The second-order valence-corrected chi connectivity index (χ2v) is 7.70. The first-order valence-corrected chi connectivity index (χ1v) is 8.54.